The zero-order chi connectivity index (χ0) is 15.6. The molecule has 2 rings (SSSR count). The summed E-state index contributed by atoms with van der Waals surface area (Å²) < 4.78 is 6.60. The quantitative estimate of drug-likeness (QED) is 0.851. The summed E-state index contributed by atoms with van der Waals surface area (Å²) in [6.45, 7) is 6.76. The van der Waals surface area contributed by atoms with Crippen LogP contribution in [-0.2, 0) is 16.1 Å². The molecule has 1 aliphatic rings. The van der Waals surface area contributed by atoms with Crippen molar-refractivity contribution in [3.05, 3.63) is 12.4 Å². The number of methoxy groups -OCH3 is 1. The van der Waals surface area contributed by atoms with Gasteiger partial charge < -0.3 is 14.7 Å². The number of ether oxygens (including phenoxy) is 1. The number of carbonyl (C=O) groups is 1. The van der Waals surface area contributed by atoms with Crippen LogP contribution in [0, 0.1) is 5.92 Å². The van der Waals surface area contributed by atoms with Gasteiger partial charge in [0.25, 0.3) is 0 Å². The second-order valence-electron chi connectivity index (χ2n) is 6.51. The van der Waals surface area contributed by atoms with Crippen LogP contribution in [-0.4, -0.2) is 46.2 Å². The van der Waals surface area contributed by atoms with Crippen molar-refractivity contribution >= 4 is 11.7 Å². The van der Waals surface area contributed by atoms with E-state index in [2.05, 4.69) is 16.9 Å². The van der Waals surface area contributed by atoms with Gasteiger partial charge in [0.05, 0.1) is 37.1 Å². The average molecular weight is 295 g/mol. The first-order chi connectivity index (χ1) is 9.80. The molecule has 1 aromatic rings. The Morgan fingerprint density at radius 2 is 2.24 bits per heavy atom. The van der Waals surface area contributed by atoms with Crippen molar-refractivity contribution in [2.75, 3.05) is 18.6 Å². The molecule has 1 N–H and O–H groups in total. The molecular formula is C15H25N3O3. The fraction of sp³-hybridized carbons (Fsp3) is 0.733. The number of aliphatic hydroxyl groups is 1. The second kappa shape index (κ2) is 6.05. The van der Waals surface area contributed by atoms with Crippen LogP contribution in [0.5, 0.6) is 0 Å². The minimum Gasteiger partial charge on any atom is -0.469 e. The van der Waals surface area contributed by atoms with Gasteiger partial charge in [-0.1, -0.05) is 0 Å². The van der Waals surface area contributed by atoms with Crippen molar-refractivity contribution < 1.29 is 14.6 Å². The van der Waals surface area contributed by atoms with Gasteiger partial charge in [-0.3, -0.25) is 9.48 Å². The van der Waals surface area contributed by atoms with Crippen LogP contribution in [0.1, 0.15) is 33.6 Å². The van der Waals surface area contributed by atoms with E-state index in [9.17, 15) is 9.90 Å². The zero-order valence-corrected chi connectivity index (χ0v) is 13.2. The highest BCUT2D eigenvalue weighted by Crippen LogP contribution is 2.28. The molecule has 0 aliphatic carbocycles. The van der Waals surface area contributed by atoms with E-state index in [1.165, 1.54) is 7.11 Å². The fourth-order valence-electron chi connectivity index (χ4n) is 2.81. The Morgan fingerprint density at radius 1 is 1.52 bits per heavy atom. The van der Waals surface area contributed by atoms with Crippen LogP contribution in [0.4, 0.5) is 5.69 Å². The molecule has 0 spiro atoms. The Bertz CT molecular complexity index is 493. The van der Waals surface area contributed by atoms with Gasteiger partial charge in [0.15, 0.2) is 0 Å². The van der Waals surface area contributed by atoms with Crippen LogP contribution in [0.3, 0.4) is 0 Å². The van der Waals surface area contributed by atoms with Crippen LogP contribution in [0.25, 0.3) is 0 Å². The highest BCUT2D eigenvalue weighted by molar-refractivity contribution is 5.73. The summed E-state index contributed by atoms with van der Waals surface area (Å²) >= 11 is 0. The lowest BCUT2D eigenvalue weighted by molar-refractivity contribution is -0.145. The molecule has 0 amide bonds. The molecule has 0 bridgehead atoms. The van der Waals surface area contributed by atoms with E-state index in [0.29, 0.717) is 19.1 Å². The topological polar surface area (TPSA) is 67.6 Å². The van der Waals surface area contributed by atoms with Gasteiger partial charge in [0, 0.05) is 18.8 Å². The lowest BCUT2D eigenvalue weighted by atomic mass is 9.93. The van der Waals surface area contributed by atoms with Gasteiger partial charge in [-0.05, 0) is 33.6 Å². The first-order valence-electron chi connectivity index (χ1n) is 7.39. The van der Waals surface area contributed by atoms with Crippen LogP contribution >= 0.6 is 0 Å². The van der Waals surface area contributed by atoms with Gasteiger partial charge in [0.2, 0.25) is 0 Å². The first kappa shape index (κ1) is 15.8. The molecule has 6 nitrogen and oxygen atoms in total. The number of aromatic nitrogens is 2. The molecule has 1 saturated heterocycles. The summed E-state index contributed by atoms with van der Waals surface area (Å²) in [5.41, 5.74) is 0.186. The van der Waals surface area contributed by atoms with Crippen LogP contribution in [0.2, 0.25) is 0 Å². The van der Waals surface area contributed by atoms with E-state index < -0.39 is 5.60 Å². The zero-order valence-electron chi connectivity index (χ0n) is 13.2. The lowest BCUT2D eigenvalue weighted by Crippen LogP contribution is -2.44. The summed E-state index contributed by atoms with van der Waals surface area (Å²) in [6, 6.07) is 0.366. The summed E-state index contributed by atoms with van der Waals surface area (Å²) in [7, 11) is 1.44. The lowest BCUT2D eigenvalue weighted by Gasteiger charge is -2.37. The molecule has 0 saturated carbocycles. The van der Waals surface area contributed by atoms with E-state index in [-0.39, 0.29) is 11.9 Å². The van der Waals surface area contributed by atoms with Crippen LogP contribution < -0.4 is 4.90 Å². The first-order valence-corrected chi connectivity index (χ1v) is 7.39. The Hall–Kier alpha value is -1.56. The molecule has 1 aromatic heterocycles. The summed E-state index contributed by atoms with van der Waals surface area (Å²) in [5.74, 6) is -0.223. The maximum absolute atomic E-state index is 11.7. The van der Waals surface area contributed by atoms with Crippen molar-refractivity contribution in [3.63, 3.8) is 0 Å². The Morgan fingerprint density at radius 3 is 2.86 bits per heavy atom. The van der Waals surface area contributed by atoms with Crippen molar-refractivity contribution in [2.45, 2.75) is 51.8 Å². The van der Waals surface area contributed by atoms with E-state index in [1.54, 1.807) is 24.7 Å². The number of esters is 1. The highest BCUT2D eigenvalue weighted by Gasteiger charge is 2.31. The molecule has 6 heteroatoms. The average Bonchev–Trinajstić information content (AvgIpc) is 2.84. The minimum absolute atomic E-state index is 0.0798. The number of rotatable bonds is 4. The minimum atomic E-state index is -0.800. The number of hydrogen-bond acceptors (Lipinski definition) is 5. The van der Waals surface area contributed by atoms with Gasteiger partial charge in [-0.2, -0.15) is 5.10 Å². The monoisotopic (exact) mass is 295 g/mol. The molecule has 2 heterocycles. The van der Waals surface area contributed by atoms with Crippen molar-refractivity contribution in [2.24, 2.45) is 5.92 Å². The molecule has 1 fully saturated rings. The summed E-state index contributed by atoms with van der Waals surface area (Å²) in [5, 5.41) is 14.2. The number of piperidine rings is 1. The maximum atomic E-state index is 11.7. The van der Waals surface area contributed by atoms with Gasteiger partial charge in [0.1, 0.15) is 0 Å². The van der Waals surface area contributed by atoms with Gasteiger partial charge >= 0.3 is 5.97 Å². The maximum Gasteiger partial charge on any atom is 0.310 e. The molecule has 0 aromatic carbocycles. The van der Waals surface area contributed by atoms with Crippen LogP contribution in [0.15, 0.2) is 12.4 Å². The third-order valence-electron chi connectivity index (χ3n) is 3.92. The van der Waals surface area contributed by atoms with E-state index >= 15 is 0 Å². The standard InChI is InChI=1S/C15H25N3O3/c1-11-5-6-12(14(19)21-4)8-18(11)13-7-16-17(9-13)10-15(2,3)20/h7,9,11-12,20H,5-6,8,10H2,1-4H3/t11-,12+/m0/s1. The predicted molar refractivity (Wildman–Crippen MR) is 80.1 cm³/mol. The molecule has 0 unspecified atom stereocenters. The molecular weight excluding hydrogens is 270 g/mol. The number of nitrogens with zero attached hydrogens (tertiary/aromatic N) is 3. The van der Waals surface area contributed by atoms with E-state index in [4.69, 9.17) is 4.74 Å². The summed E-state index contributed by atoms with van der Waals surface area (Å²) in [6.07, 6.45) is 5.54. The highest BCUT2D eigenvalue weighted by atomic mass is 16.5. The van der Waals surface area contributed by atoms with E-state index in [1.807, 2.05) is 6.20 Å². The number of hydrogen-bond donors (Lipinski definition) is 1. The van der Waals surface area contributed by atoms with Gasteiger partial charge in [-0.15, -0.1) is 0 Å². The predicted octanol–water partition coefficient (Wildman–Crippen LogP) is 1.43. The molecule has 0 radical (unpaired) electrons. The Kier molecular flexibility index (Phi) is 4.56. The Labute approximate surface area is 125 Å². The van der Waals surface area contributed by atoms with Crippen molar-refractivity contribution in [3.8, 4) is 0 Å². The molecule has 2 atom stereocenters. The summed E-state index contributed by atoms with van der Waals surface area (Å²) in [4.78, 5) is 13.9. The SMILES string of the molecule is COC(=O)[C@@H]1CC[C@H](C)N(c2cnn(CC(C)(C)O)c2)C1. The van der Waals surface area contributed by atoms with Gasteiger partial charge in [-0.25, -0.2) is 0 Å². The van der Waals surface area contributed by atoms with E-state index in [0.717, 1.165) is 18.5 Å². The van der Waals surface area contributed by atoms with Crippen molar-refractivity contribution in [1.82, 2.24) is 9.78 Å². The smallest absolute Gasteiger partial charge is 0.310 e. The number of anilines is 1. The largest absolute Gasteiger partial charge is 0.469 e. The van der Waals surface area contributed by atoms with Crippen molar-refractivity contribution in [1.29, 1.82) is 0 Å². The number of carbonyl (C=O) groups excluding carboxylic acids is 1. The Balaban J connectivity index is 2.10. The molecule has 118 valence electrons. The normalized spacial score (nSPS) is 23.2. The third kappa shape index (κ3) is 3.97. The molecule has 1 aliphatic heterocycles. The molecule has 21 heavy (non-hydrogen) atoms. The second-order valence-corrected chi connectivity index (χ2v) is 6.51. The fourth-order valence-corrected chi connectivity index (χ4v) is 2.81. The third-order valence-corrected chi connectivity index (χ3v) is 3.92.